The minimum absolute atomic E-state index is 0.0184. The first-order valence-electron chi connectivity index (χ1n) is 15.4. The molecule has 0 aromatic carbocycles. The zero-order valence-electron chi connectivity index (χ0n) is 25.9. The van der Waals surface area contributed by atoms with E-state index in [0.717, 1.165) is 44.9 Å². The van der Waals surface area contributed by atoms with Crippen LogP contribution in [0.3, 0.4) is 0 Å². The van der Waals surface area contributed by atoms with Gasteiger partial charge in [-0.1, -0.05) is 60.5 Å². The maximum Gasteiger partial charge on any atom is 0.264 e. The summed E-state index contributed by atoms with van der Waals surface area (Å²) < 4.78 is 0. The van der Waals surface area contributed by atoms with Gasteiger partial charge in [-0.15, -0.1) is 5.06 Å². The third-order valence-electron chi connectivity index (χ3n) is 13.8. The largest absolute Gasteiger partial charge is 0.353 e. The van der Waals surface area contributed by atoms with E-state index in [0.29, 0.717) is 23.8 Å². The first-order valence-corrected chi connectivity index (χ1v) is 15.4. The fourth-order valence-corrected chi connectivity index (χ4v) is 11.2. The maximum atomic E-state index is 14.5. The Morgan fingerprint density at radius 2 is 1.65 bits per heavy atom. The molecule has 0 heterocycles. The van der Waals surface area contributed by atoms with E-state index in [4.69, 9.17) is 6.42 Å². The van der Waals surface area contributed by atoms with E-state index in [-0.39, 0.29) is 56.6 Å². The molecule has 220 valence electrons. The Hall–Kier alpha value is -2.13. The molecule has 4 saturated carbocycles. The van der Waals surface area contributed by atoms with Crippen molar-refractivity contribution < 1.29 is 19.6 Å². The summed E-state index contributed by atoms with van der Waals surface area (Å²) >= 11 is 0. The number of carbonyl (C=O) groups is 3. The quantitative estimate of drug-likeness (QED) is 0.183. The smallest absolute Gasteiger partial charge is 0.264 e. The van der Waals surface area contributed by atoms with E-state index in [9.17, 15) is 19.6 Å². The summed E-state index contributed by atoms with van der Waals surface area (Å²) in [6.07, 6.45) is 15.5. The van der Waals surface area contributed by atoms with Gasteiger partial charge in [0.25, 0.3) is 5.91 Å². The molecule has 6 nitrogen and oxygen atoms in total. The zero-order chi connectivity index (χ0) is 29.7. The lowest BCUT2D eigenvalue weighted by atomic mass is 9.33. The van der Waals surface area contributed by atoms with Crippen LogP contribution in [0.1, 0.15) is 113 Å². The molecule has 5 rings (SSSR count). The summed E-state index contributed by atoms with van der Waals surface area (Å²) in [5.74, 6) is 0.231. The lowest BCUT2D eigenvalue weighted by molar-refractivity contribution is -0.190. The van der Waals surface area contributed by atoms with Crippen LogP contribution in [0.25, 0.3) is 0 Å². The molecular formula is C34H50N2O4. The third kappa shape index (κ3) is 3.75. The summed E-state index contributed by atoms with van der Waals surface area (Å²) in [7, 11) is 0. The van der Waals surface area contributed by atoms with Crippen molar-refractivity contribution in [2.45, 2.75) is 119 Å². The second-order valence-corrected chi connectivity index (χ2v) is 16.1. The van der Waals surface area contributed by atoms with Crippen LogP contribution < -0.4 is 5.32 Å². The third-order valence-corrected chi connectivity index (χ3v) is 13.8. The van der Waals surface area contributed by atoms with Crippen LogP contribution in [0.2, 0.25) is 0 Å². The number of hydroxylamine groups is 2. The van der Waals surface area contributed by atoms with Gasteiger partial charge in [-0.2, -0.15) is 0 Å². The van der Waals surface area contributed by atoms with Crippen LogP contribution >= 0.6 is 0 Å². The number of carbonyl (C=O) groups excluding carboxylic acids is 3. The monoisotopic (exact) mass is 550 g/mol. The van der Waals surface area contributed by atoms with Gasteiger partial charge in [-0.05, 0) is 103 Å². The molecule has 40 heavy (non-hydrogen) atoms. The molecular weight excluding hydrogens is 500 g/mol. The molecule has 0 bridgehead atoms. The van der Waals surface area contributed by atoms with Gasteiger partial charge in [-0.25, -0.2) is 0 Å². The minimum Gasteiger partial charge on any atom is -0.353 e. The van der Waals surface area contributed by atoms with Gasteiger partial charge in [0.05, 0.1) is 5.41 Å². The van der Waals surface area contributed by atoms with E-state index in [2.05, 4.69) is 52.9 Å². The number of rotatable bonds is 2. The number of hydrogen-bond donors (Lipinski definition) is 2. The van der Waals surface area contributed by atoms with Crippen molar-refractivity contribution in [3.63, 3.8) is 0 Å². The highest BCUT2D eigenvalue weighted by atomic mass is 16.5. The molecule has 9 atom stereocenters. The summed E-state index contributed by atoms with van der Waals surface area (Å²) in [4.78, 5) is 39.7. The molecule has 2 amide bonds. The van der Waals surface area contributed by atoms with Crippen molar-refractivity contribution in [1.29, 1.82) is 0 Å². The van der Waals surface area contributed by atoms with Crippen molar-refractivity contribution in [2.75, 3.05) is 0 Å². The first-order chi connectivity index (χ1) is 18.4. The Morgan fingerprint density at radius 3 is 2.27 bits per heavy atom. The molecule has 0 radical (unpaired) electrons. The van der Waals surface area contributed by atoms with Crippen LogP contribution in [0, 0.1) is 62.7 Å². The number of nitrogens with one attached hydrogen (secondary N) is 1. The summed E-state index contributed by atoms with van der Waals surface area (Å²) in [5.41, 5.74) is -0.0792. The fraction of sp³-hybridized carbons (Fsp3) is 0.794. The van der Waals surface area contributed by atoms with Gasteiger partial charge in [0.1, 0.15) is 0 Å². The van der Waals surface area contributed by atoms with Crippen molar-refractivity contribution in [3.8, 4) is 12.5 Å². The Balaban J connectivity index is 1.56. The number of hydrogen-bond acceptors (Lipinski definition) is 4. The minimum atomic E-state index is -0.763. The number of allylic oxidation sites excluding steroid dienone is 2. The summed E-state index contributed by atoms with van der Waals surface area (Å²) in [6, 6.07) is 2.20. The Bertz CT molecular complexity index is 1210. The normalized spacial score (nSPS) is 47.3. The van der Waals surface area contributed by atoms with Gasteiger partial charge >= 0.3 is 0 Å². The topological polar surface area (TPSA) is 86.7 Å². The van der Waals surface area contributed by atoms with Crippen LogP contribution in [0.5, 0.6) is 0 Å². The van der Waals surface area contributed by atoms with E-state index in [1.54, 1.807) is 6.92 Å². The predicted octanol–water partition coefficient (Wildman–Crippen LogP) is 6.28. The molecule has 4 fully saturated rings. The molecule has 0 saturated heterocycles. The van der Waals surface area contributed by atoms with Crippen LogP contribution in [-0.2, 0) is 14.4 Å². The van der Waals surface area contributed by atoms with Gasteiger partial charge in [-0.3, -0.25) is 19.6 Å². The van der Waals surface area contributed by atoms with Crippen molar-refractivity contribution in [3.05, 3.63) is 11.6 Å². The molecule has 5 aliphatic rings. The number of fused-ring (bicyclic) bond motifs is 7. The number of nitrogens with zero attached hydrogens (tertiary/aromatic N) is 1. The summed E-state index contributed by atoms with van der Waals surface area (Å²) in [5, 5.41) is 13.8. The fourth-order valence-electron chi connectivity index (χ4n) is 11.2. The number of terminal acetylenes is 1. The average molecular weight is 551 g/mol. The van der Waals surface area contributed by atoms with E-state index < -0.39 is 11.3 Å². The van der Waals surface area contributed by atoms with Crippen LogP contribution in [0.4, 0.5) is 0 Å². The lowest BCUT2D eigenvalue weighted by Crippen LogP contribution is -2.67. The van der Waals surface area contributed by atoms with Gasteiger partial charge in [0.2, 0.25) is 5.91 Å². The van der Waals surface area contributed by atoms with E-state index >= 15 is 0 Å². The molecule has 5 aliphatic carbocycles. The second-order valence-electron chi connectivity index (χ2n) is 16.1. The van der Waals surface area contributed by atoms with E-state index in [1.165, 1.54) is 5.57 Å². The van der Waals surface area contributed by atoms with Crippen LogP contribution in [0.15, 0.2) is 11.6 Å². The Morgan fingerprint density at radius 1 is 1.00 bits per heavy atom. The number of amides is 2. The molecule has 2 N–H and O–H groups in total. The molecule has 0 aromatic heterocycles. The standard InChI is InChI=1S/C34H50N2O4/c1-10-36(40)28(39)31(6)16-15-30(5)17-18-33(8)22(23(30)20-31)19-24(38)27-32(7)13-12-26(35-21(2)37)29(3,4)25(32)11-14-34(27,33)9/h1,19,23,25-27,40H,11-18,20H2,2-9H3,(H,35,37)/t23-,25?,26-,27+,30+,31-,32-,33+,34+/m0/s1. The molecule has 1 unspecified atom stereocenters. The van der Waals surface area contributed by atoms with Crippen LogP contribution in [-0.4, -0.2) is 33.9 Å². The van der Waals surface area contributed by atoms with Gasteiger partial charge in [0, 0.05) is 24.9 Å². The van der Waals surface area contributed by atoms with Crippen molar-refractivity contribution >= 4 is 17.6 Å². The SMILES string of the molecule is C#CN(O)C(=O)[C@@]1(C)CC[C@]2(C)CC[C@]3(C)C(=CC(=O)[C@@H]4[C@@]5(C)CC[C@H](NC(C)=O)C(C)(C)C5CC[C@]43C)[C@@H]2C1. The second kappa shape index (κ2) is 8.93. The highest BCUT2D eigenvalue weighted by molar-refractivity contribution is 5.96. The molecule has 0 aliphatic heterocycles. The zero-order valence-corrected chi connectivity index (χ0v) is 25.9. The average Bonchev–Trinajstić information content (AvgIpc) is 2.87. The first kappa shape index (κ1) is 29.4. The Labute approximate surface area is 241 Å². The number of ketones is 1. The summed E-state index contributed by atoms with van der Waals surface area (Å²) in [6.45, 7) is 17.6. The van der Waals surface area contributed by atoms with Crippen molar-refractivity contribution in [2.24, 2.45) is 50.2 Å². The van der Waals surface area contributed by atoms with Gasteiger partial charge in [0.15, 0.2) is 5.78 Å². The van der Waals surface area contributed by atoms with Crippen molar-refractivity contribution in [1.82, 2.24) is 10.4 Å². The lowest BCUT2D eigenvalue weighted by Gasteiger charge is -2.70. The maximum absolute atomic E-state index is 14.5. The highest BCUT2D eigenvalue weighted by Crippen LogP contribution is 2.75. The molecule has 0 aromatic rings. The molecule has 0 spiro atoms. The Kier molecular flexibility index (Phi) is 6.56. The van der Waals surface area contributed by atoms with Gasteiger partial charge < -0.3 is 5.32 Å². The van der Waals surface area contributed by atoms with E-state index in [1.807, 2.05) is 13.0 Å². The molecule has 6 heteroatoms. The predicted molar refractivity (Wildman–Crippen MR) is 154 cm³/mol. The highest BCUT2D eigenvalue weighted by Gasteiger charge is 2.70.